The van der Waals surface area contributed by atoms with Crippen LogP contribution in [0.15, 0.2) is 30.3 Å². The number of benzene rings is 1. The van der Waals surface area contributed by atoms with Crippen molar-refractivity contribution in [3.8, 4) is 5.75 Å². The fraction of sp³-hybridized carbons (Fsp3) is 0.476. The summed E-state index contributed by atoms with van der Waals surface area (Å²) >= 11 is 0. The van der Waals surface area contributed by atoms with Gasteiger partial charge in [-0.15, -0.1) is 0 Å². The molecule has 0 unspecified atom stereocenters. The highest BCUT2D eigenvalue weighted by Crippen LogP contribution is 2.40. The molecule has 2 aliphatic rings. The van der Waals surface area contributed by atoms with Crippen molar-refractivity contribution in [3.05, 3.63) is 47.3 Å². The van der Waals surface area contributed by atoms with Crippen molar-refractivity contribution in [2.75, 3.05) is 33.4 Å². The van der Waals surface area contributed by atoms with Crippen LogP contribution in [0.25, 0.3) is 0 Å². The standard InChI is InChI=1S/C21H26N4O4/c1-28-19-5-3-2-4-16(19)13-22-20(26)14-25-18(15-6-7-15)12-17(23-25)21(27)24-8-10-29-11-9-24/h2-5,12,15H,6-11,13-14H2,1H3,(H,22,26). The van der Waals surface area contributed by atoms with E-state index in [0.717, 1.165) is 29.8 Å². The van der Waals surface area contributed by atoms with Crippen LogP contribution in [0.3, 0.4) is 0 Å². The van der Waals surface area contributed by atoms with Gasteiger partial charge in [0.2, 0.25) is 5.91 Å². The molecule has 29 heavy (non-hydrogen) atoms. The summed E-state index contributed by atoms with van der Waals surface area (Å²) < 4.78 is 12.3. The summed E-state index contributed by atoms with van der Waals surface area (Å²) in [6, 6.07) is 9.43. The van der Waals surface area contributed by atoms with Crippen molar-refractivity contribution in [2.24, 2.45) is 0 Å². The number of morpholine rings is 1. The third-order valence-corrected chi connectivity index (χ3v) is 5.29. The van der Waals surface area contributed by atoms with E-state index in [2.05, 4.69) is 10.4 Å². The molecule has 0 bridgehead atoms. The van der Waals surface area contributed by atoms with Gasteiger partial charge < -0.3 is 19.7 Å². The lowest BCUT2D eigenvalue weighted by Gasteiger charge is -2.25. The average Bonchev–Trinajstić information content (AvgIpc) is 3.53. The summed E-state index contributed by atoms with van der Waals surface area (Å²) in [5.41, 5.74) is 2.29. The molecule has 0 radical (unpaired) electrons. The molecule has 1 N–H and O–H groups in total. The van der Waals surface area contributed by atoms with Crippen LogP contribution in [-0.4, -0.2) is 59.9 Å². The zero-order valence-electron chi connectivity index (χ0n) is 16.6. The molecule has 0 atom stereocenters. The number of rotatable bonds is 7. The molecule has 1 saturated heterocycles. The molecule has 2 aromatic rings. The molecule has 154 valence electrons. The molecule has 2 fully saturated rings. The molecule has 8 heteroatoms. The molecule has 1 aromatic heterocycles. The Morgan fingerprint density at radius 1 is 1.24 bits per heavy atom. The number of methoxy groups -OCH3 is 1. The first-order chi connectivity index (χ1) is 14.2. The highest BCUT2D eigenvalue weighted by Gasteiger charge is 2.31. The van der Waals surface area contributed by atoms with Gasteiger partial charge in [0.05, 0.1) is 20.3 Å². The Kier molecular flexibility index (Phi) is 5.80. The van der Waals surface area contributed by atoms with Crippen LogP contribution in [0.5, 0.6) is 5.75 Å². The first-order valence-electron chi connectivity index (χ1n) is 9.99. The minimum Gasteiger partial charge on any atom is -0.496 e. The minimum atomic E-state index is -0.147. The molecule has 0 spiro atoms. The van der Waals surface area contributed by atoms with Crippen LogP contribution < -0.4 is 10.1 Å². The molecular formula is C21H26N4O4. The molecule has 1 aliphatic heterocycles. The quantitative estimate of drug-likeness (QED) is 0.765. The van der Waals surface area contributed by atoms with Gasteiger partial charge >= 0.3 is 0 Å². The van der Waals surface area contributed by atoms with Crippen LogP contribution in [0, 0.1) is 0 Å². The number of nitrogens with zero attached hydrogens (tertiary/aromatic N) is 3. The van der Waals surface area contributed by atoms with Gasteiger partial charge in [-0.2, -0.15) is 5.10 Å². The average molecular weight is 398 g/mol. The number of carbonyl (C=O) groups is 2. The van der Waals surface area contributed by atoms with E-state index >= 15 is 0 Å². The van der Waals surface area contributed by atoms with Crippen LogP contribution in [0.1, 0.15) is 40.5 Å². The lowest BCUT2D eigenvalue weighted by atomic mass is 10.2. The Morgan fingerprint density at radius 3 is 2.72 bits per heavy atom. The molecule has 8 nitrogen and oxygen atoms in total. The molecular weight excluding hydrogens is 372 g/mol. The van der Waals surface area contributed by atoms with E-state index in [9.17, 15) is 9.59 Å². The Labute approximate surface area is 169 Å². The fourth-order valence-electron chi connectivity index (χ4n) is 3.53. The number of nitrogens with one attached hydrogen (secondary N) is 1. The van der Waals surface area contributed by atoms with E-state index in [4.69, 9.17) is 9.47 Å². The van der Waals surface area contributed by atoms with E-state index < -0.39 is 0 Å². The summed E-state index contributed by atoms with van der Waals surface area (Å²) in [4.78, 5) is 27.1. The smallest absolute Gasteiger partial charge is 0.274 e. The van der Waals surface area contributed by atoms with Gasteiger partial charge in [0.1, 0.15) is 12.3 Å². The molecule has 2 heterocycles. The number of aromatic nitrogens is 2. The van der Waals surface area contributed by atoms with Crippen molar-refractivity contribution in [2.45, 2.75) is 31.8 Å². The Morgan fingerprint density at radius 2 is 2.00 bits per heavy atom. The topological polar surface area (TPSA) is 85.7 Å². The second-order valence-electron chi connectivity index (χ2n) is 7.38. The summed E-state index contributed by atoms with van der Waals surface area (Å²) in [6.07, 6.45) is 2.14. The monoisotopic (exact) mass is 398 g/mol. The summed E-state index contributed by atoms with van der Waals surface area (Å²) in [5, 5.41) is 7.39. The van der Waals surface area contributed by atoms with Gasteiger partial charge in [0.25, 0.3) is 5.91 Å². The van der Waals surface area contributed by atoms with E-state index in [0.29, 0.717) is 44.5 Å². The van der Waals surface area contributed by atoms with Crippen LogP contribution in [0.4, 0.5) is 0 Å². The maximum Gasteiger partial charge on any atom is 0.274 e. The normalized spacial score (nSPS) is 16.5. The summed E-state index contributed by atoms with van der Waals surface area (Å²) in [5.74, 6) is 0.884. The van der Waals surface area contributed by atoms with Gasteiger partial charge in [-0.25, -0.2) is 0 Å². The molecule has 1 aliphatic carbocycles. The number of amides is 2. The van der Waals surface area contributed by atoms with E-state index in [-0.39, 0.29) is 18.4 Å². The predicted molar refractivity (Wildman–Crippen MR) is 106 cm³/mol. The maximum absolute atomic E-state index is 12.8. The summed E-state index contributed by atoms with van der Waals surface area (Å²) in [6.45, 7) is 2.72. The second-order valence-corrected chi connectivity index (χ2v) is 7.38. The third-order valence-electron chi connectivity index (χ3n) is 5.29. The van der Waals surface area contributed by atoms with Gasteiger partial charge in [-0.3, -0.25) is 14.3 Å². The second kappa shape index (κ2) is 8.65. The zero-order valence-corrected chi connectivity index (χ0v) is 16.6. The minimum absolute atomic E-state index is 0.0941. The number of para-hydroxylation sites is 1. The lowest BCUT2D eigenvalue weighted by Crippen LogP contribution is -2.40. The molecule has 4 rings (SSSR count). The van der Waals surface area contributed by atoms with Crippen LogP contribution in [0.2, 0.25) is 0 Å². The third kappa shape index (κ3) is 4.59. The highest BCUT2D eigenvalue weighted by molar-refractivity contribution is 5.92. The van der Waals surface area contributed by atoms with E-state index in [1.54, 1.807) is 16.7 Å². The van der Waals surface area contributed by atoms with Crippen molar-refractivity contribution in [1.82, 2.24) is 20.0 Å². The van der Waals surface area contributed by atoms with E-state index in [1.165, 1.54) is 0 Å². The first-order valence-corrected chi connectivity index (χ1v) is 9.99. The first kappa shape index (κ1) is 19.4. The predicted octanol–water partition coefficient (Wildman–Crippen LogP) is 1.56. The number of carbonyl (C=O) groups excluding carboxylic acids is 2. The van der Waals surface area contributed by atoms with Crippen molar-refractivity contribution in [3.63, 3.8) is 0 Å². The van der Waals surface area contributed by atoms with Crippen LogP contribution >= 0.6 is 0 Å². The van der Waals surface area contributed by atoms with E-state index in [1.807, 2.05) is 30.3 Å². The SMILES string of the molecule is COc1ccccc1CNC(=O)Cn1nc(C(=O)N2CCOCC2)cc1C1CC1. The van der Waals surface area contributed by atoms with Crippen molar-refractivity contribution < 1.29 is 19.1 Å². The van der Waals surface area contributed by atoms with Gasteiger partial charge in [0.15, 0.2) is 5.69 Å². The largest absolute Gasteiger partial charge is 0.496 e. The molecule has 1 saturated carbocycles. The van der Waals surface area contributed by atoms with Crippen molar-refractivity contribution >= 4 is 11.8 Å². The number of hydrogen-bond donors (Lipinski definition) is 1. The zero-order chi connectivity index (χ0) is 20.2. The van der Waals surface area contributed by atoms with Gasteiger partial charge in [-0.1, -0.05) is 18.2 Å². The van der Waals surface area contributed by atoms with Crippen molar-refractivity contribution in [1.29, 1.82) is 0 Å². The summed E-state index contributed by atoms with van der Waals surface area (Å²) in [7, 11) is 1.61. The Bertz CT molecular complexity index is 885. The Balaban J connectivity index is 1.42. The van der Waals surface area contributed by atoms with Crippen LogP contribution in [-0.2, 0) is 22.6 Å². The Hall–Kier alpha value is -2.87. The molecule has 2 amide bonds. The number of hydrogen-bond acceptors (Lipinski definition) is 5. The van der Waals surface area contributed by atoms with Gasteiger partial charge in [-0.05, 0) is 25.0 Å². The number of ether oxygens (including phenoxy) is 2. The fourth-order valence-corrected chi connectivity index (χ4v) is 3.53. The molecule has 1 aromatic carbocycles. The maximum atomic E-state index is 12.8. The van der Waals surface area contributed by atoms with Gasteiger partial charge in [0, 0.05) is 36.8 Å². The lowest BCUT2D eigenvalue weighted by molar-refractivity contribution is -0.122. The highest BCUT2D eigenvalue weighted by atomic mass is 16.5.